The van der Waals surface area contributed by atoms with Crippen molar-refractivity contribution in [2.45, 2.75) is 91.6 Å². The van der Waals surface area contributed by atoms with Crippen molar-refractivity contribution in [3.05, 3.63) is 0 Å². The fraction of sp³-hybridized carbons (Fsp3) is 1.00. The van der Waals surface area contributed by atoms with Crippen LogP contribution < -0.4 is 5.73 Å². The fourth-order valence-electron chi connectivity index (χ4n) is 3.26. The van der Waals surface area contributed by atoms with E-state index in [0.29, 0.717) is 6.04 Å². The zero-order valence-electron chi connectivity index (χ0n) is 14.3. The summed E-state index contributed by atoms with van der Waals surface area (Å²) >= 11 is 0. The molecule has 0 aromatic heterocycles. The average molecular weight is 271 g/mol. The average Bonchev–Trinajstić information content (AvgIpc) is 2.43. The Kier molecular flexibility index (Phi) is 9.72. The quantitative estimate of drug-likeness (QED) is 0.602. The van der Waals surface area contributed by atoms with Crippen molar-refractivity contribution >= 4 is 0 Å². The molecule has 0 saturated carbocycles. The van der Waals surface area contributed by atoms with Crippen LogP contribution in [0.2, 0.25) is 0 Å². The number of hydrogen-bond acceptors (Lipinski definition) is 2. The molecule has 3 atom stereocenters. The fourth-order valence-corrected chi connectivity index (χ4v) is 3.26. The highest BCUT2D eigenvalue weighted by molar-refractivity contribution is 4.94. The molecule has 2 N–H and O–H groups in total. The van der Waals surface area contributed by atoms with Crippen molar-refractivity contribution in [3.8, 4) is 0 Å². The number of nitrogens with two attached hydrogens (primary N) is 1. The Hall–Kier alpha value is -0.0800. The van der Waals surface area contributed by atoms with Gasteiger partial charge in [0.15, 0.2) is 0 Å². The molecule has 0 saturated heterocycles. The standard InChI is InChI=1S/C17H38N2/c1-7-12-13-15(8-2)14-16(18)17(6,9-3)19(10-4)11-5/h15-16H,7-14,18H2,1-6H3. The van der Waals surface area contributed by atoms with E-state index in [1.54, 1.807) is 0 Å². The molecule has 0 aliphatic heterocycles. The highest BCUT2D eigenvalue weighted by Gasteiger charge is 2.35. The van der Waals surface area contributed by atoms with Crippen molar-refractivity contribution in [1.82, 2.24) is 4.90 Å². The summed E-state index contributed by atoms with van der Waals surface area (Å²) in [5.41, 5.74) is 6.78. The van der Waals surface area contributed by atoms with Gasteiger partial charge in [-0.25, -0.2) is 0 Å². The van der Waals surface area contributed by atoms with Gasteiger partial charge < -0.3 is 5.73 Å². The zero-order chi connectivity index (χ0) is 14.9. The minimum atomic E-state index is 0.156. The van der Waals surface area contributed by atoms with Crippen LogP contribution >= 0.6 is 0 Å². The SMILES string of the molecule is CCCCC(CC)CC(N)C(C)(CC)N(CC)CC. The molecule has 116 valence electrons. The summed E-state index contributed by atoms with van der Waals surface area (Å²) in [6.45, 7) is 15.9. The predicted molar refractivity (Wildman–Crippen MR) is 87.5 cm³/mol. The van der Waals surface area contributed by atoms with E-state index in [4.69, 9.17) is 5.73 Å². The predicted octanol–water partition coefficient (Wildman–Crippen LogP) is 4.43. The van der Waals surface area contributed by atoms with Crippen LogP contribution in [-0.4, -0.2) is 29.6 Å². The van der Waals surface area contributed by atoms with Crippen LogP contribution in [-0.2, 0) is 0 Å². The Morgan fingerprint density at radius 3 is 2.00 bits per heavy atom. The second kappa shape index (κ2) is 9.77. The van der Waals surface area contributed by atoms with Crippen molar-refractivity contribution in [2.24, 2.45) is 11.7 Å². The van der Waals surface area contributed by atoms with Crippen LogP contribution in [0.5, 0.6) is 0 Å². The summed E-state index contributed by atoms with van der Waals surface area (Å²) in [7, 11) is 0. The van der Waals surface area contributed by atoms with Gasteiger partial charge in [-0.1, -0.05) is 60.3 Å². The second-order valence-corrected chi connectivity index (χ2v) is 6.14. The number of likely N-dealkylation sites (N-methyl/N-ethyl adjacent to an activating group) is 1. The Bertz CT molecular complexity index is 213. The molecular formula is C17H38N2. The molecule has 0 aliphatic carbocycles. The van der Waals surface area contributed by atoms with E-state index >= 15 is 0 Å². The Morgan fingerprint density at radius 2 is 1.63 bits per heavy atom. The molecule has 0 spiro atoms. The van der Waals surface area contributed by atoms with E-state index in [2.05, 4.69) is 46.4 Å². The monoisotopic (exact) mass is 270 g/mol. The van der Waals surface area contributed by atoms with Crippen LogP contribution in [0.15, 0.2) is 0 Å². The molecule has 3 unspecified atom stereocenters. The first-order valence-electron chi connectivity index (χ1n) is 8.50. The molecule has 0 radical (unpaired) electrons. The van der Waals surface area contributed by atoms with E-state index in [9.17, 15) is 0 Å². The Labute approximate surface area is 122 Å². The molecule has 0 heterocycles. The molecule has 0 amide bonds. The van der Waals surface area contributed by atoms with Gasteiger partial charge in [-0.15, -0.1) is 0 Å². The highest BCUT2D eigenvalue weighted by atomic mass is 15.2. The van der Waals surface area contributed by atoms with Crippen LogP contribution in [0.1, 0.15) is 80.1 Å². The van der Waals surface area contributed by atoms with Crippen molar-refractivity contribution in [2.75, 3.05) is 13.1 Å². The number of nitrogens with zero attached hydrogens (tertiary/aromatic N) is 1. The third-order valence-corrected chi connectivity index (χ3v) is 5.13. The van der Waals surface area contributed by atoms with E-state index in [0.717, 1.165) is 25.4 Å². The molecule has 0 rings (SSSR count). The summed E-state index contributed by atoms with van der Waals surface area (Å²) in [5.74, 6) is 0.802. The van der Waals surface area contributed by atoms with Crippen molar-refractivity contribution < 1.29 is 0 Å². The summed E-state index contributed by atoms with van der Waals surface area (Å²) in [5, 5.41) is 0. The normalized spacial score (nSPS) is 18.3. The first-order chi connectivity index (χ1) is 8.99. The summed E-state index contributed by atoms with van der Waals surface area (Å²) in [6.07, 6.45) is 7.58. The summed E-state index contributed by atoms with van der Waals surface area (Å²) < 4.78 is 0. The number of rotatable bonds is 11. The maximum atomic E-state index is 6.62. The third-order valence-electron chi connectivity index (χ3n) is 5.13. The van der Waals surface area contributed by atoms with Crippen molar-refractivity contribution in [3.63, 3.8) is 0 Å². The van der Waals surface area contributed by atoms with Crippen LogP contribution in [0.4, 0.5) is 0 Å². The topological polar surface area (TPSA) is 29.3 Å². The lowest BCUT2D eigenvalue weighted by atomic mass is 9.80. The van der Waals surface area contributed by atoms with Gasteiger partial charge >= 0.3 is 0 Å². The molecule has 0 fully saturated rings. The minimum Gasteiger partial charge on any atom is -0.326 e. The van der Waals surface area contributed by atoms with Gasteiger partial charge in [0.2, 0.25) is 0 Å². The lowest BCUT2D eigenvalue weighted by Gasteiger charge is -2.45. The Morgan fingerprint density at radius 1 is 1.05 bits per heavy atom. The van der Waals surface area contributed by atoms with Gasteiger partial charge in [-0.2, -0.15) is 0 Å². The third kappa shape index (κ3) is 5.43. The van der Waals surface area contributed by atoms with Gasteiger partial charge in [0.1, 0.15) is 0 Å². The molecule has 0 aliphatic rings. The number of hydrogen-bond donors (Lipinski definition) is 1. The van der Waals surface area contributed by atoms with E-state index in [-0.39, 0.29) is 5.54 Å². The second-order valence-electron chi connectivity index (χ2n) is 6.14. The van der Waals surface area contributed by atoms with Crippen molar-refractivity contribution in [1.29, 1.82) is 0 Å². The Balaban J connectivity index is 4.67. The molecule has 19 heavy (non-hydrogen) atoms. The molecule has 0 aromatic rings. The largest absolute Gasteiger partial charge is 0.326 e. The molecule has 2 heteroatoms. The van der Waals surface area contributed by atoms with Gasteiger partial charge in [0, 0.05) is 11.6 Å². The smallest absolute Gasteiger partial charge is 0.0329 e. The minimum absolute atomic E-state index is 0.156. The summed E-state index contributed by atoms with van der Waals surface area (Å²) in [4.78, 5) is 2.55. The zero-order valence-corrected chi connectivity index (χ0v) is 14.3. The van der Waals surface area contributed by atoms with E-state index < -0.39 is 0 Å². The van der Waals surface area contributed by atoms with Crippen LogP contribution in [0.3, 0.4) is 0 Å². The maximum absolute atomic E-state index is 6.62. The highest BCUT2D eigenvalue weighted by Crippen LogP contribution is 2.28. The van der Waals surface area contributed by atoms with E-state index in [1.807, 2.05) is 0 Å². The summed E-state index contributed by atoms with van der Waals surface area (Å²) in [6, 6.07) is 0.291. The molecule has 2 nitrogen and oxygen atoms in total. The maximum Gasteiger partial charge on any atom is 0.0329 e. The van der Waals surface area contributed by atoms with Gasteiger partial charge in [-0.3, -0.25) is 4.90 Å². The first-order valence-corrected chi connectivity index (χ1v) is 8.50. The van der Waals surface area contributed by atoms with Crippen LogP contribution in [0, 0.1) is 5.92 Å². The lowest BCUT2D eigenvalue weighted by molar-refractivity contribution is 0.0739. The van der Waals surface area contributed by atoms with Gasteiger partial charge in [0.05, 0.1) is 0 Å². The molecule has 0 bridgehead atoms. The number of unbranched alkanes of at least 4 members (excludes halogenated alkanes) is 1. The van der Waals surface area contributed by atoms with Gasteiger partial charge in [-0.05, 0) is 38.8 Å². The van der Waals surface area contributed by atoms with E-state index in [1.165, 1.54) is 32.1 Å². The van der Waals surface area contributed by atoms with Gasteiger partial charge in [0.25, 0.3) is 0 Å². The first kappa shape index (κ1) is 18.9. The molecular weight excluding hydrogens is 232 g/mol. The lowest BCUT2D eigenvalue weighted by Crippen LogP contribution is -2.58. The molecule has 0 aromatic carbocycles. The van der Waals surface area contributed by atoms with Crippen LogP contribution in [0.25, 0.3) is 0 Å².